The number of carboxylic acids is 1. The molecule has 0 amide bonds. The summed E-state index contributed by atoms with van der Waals surface area (Å²) in [7, 11) is 0. The minimum atomic E-state index is -1.00. The average molecular weight is 193 g/mol. The molecule has 0 aliphatic heterocycles. The van der Waals surface area contributed by atoms with Gasteiger partial charge in [0.25, 0.3) is 0 Å². The van der Waals surface area contributed by atoms with Crippen molar-refractivity contribution in [3.05, 3.63) is 11.1 Å². The molecule has 0 aromatic heterocycles. The topological polar surface area (TPSA) is 87.2 Å². The molecule has 0 atom stereocenters. The van der Waals surface area contributed by atoms with Crippen molar-refractivity contribution in [2.24, 2.45) is 5.73 Å². The Bertz CT molecular complexity index is 155. The van der Waals surface area contributed by atoms with Crippen LogP contribution in [0.4, 0.5) is 0 Å². The SMILES string of the molecule is N=C(N)[Se]/C=C\C(=O)O. The molecule has 0 spiro atoms. The predicted molar refractivity (Wildman–Crippen MR) is 34.4 cm³/mol. The Hall–Kier alpha value is -0.801. The first-order valence-corrected chi connectivity index (χ1v) is 3.87. The van der Waals surface area contributed by atoms with Gasteiger partial charge in [-0.05, 0) is 0 Å². The van der Waals surface area contributed by atoms with Crippen LogP contribution in [-0.4, -0.2) is 30.8 Å². The molecule has 0 unspecified atom stereocenters. The van der Waals surface area contributed by atoms with Crippen molar-refractivity contribution in [2.45, 2.75) is 0 Å². The van der Waals surface area contributed by atoms with Gasteiger partial charge in [0.05, 0.1) is 0 Å². The summed E-state index contributed by atoms with van der Waals surface area (Å²) in [6, 6.07) is 0. The Labute approximate surface area is 58.4 Å². The van der Waals surface area contributed by atoms with Crippen LogP contribution >= 0.6 is 0 Å². The predicted octanol–water partition coefficient (Wildman–Crippen LogP) is -0.818. The van der Waals surface area contributed by atoms with Gasteiger partial charge in [-0.3, -0.25) is 0 Å². The molecule has 0 saturated carbocycles. The Morgan fingerprint density at radius 2 is 2.33 bits per heavy atom. The van der Waals surface area contributed by atoms with Crippen molar-refractivity contribution >= 4 is 25.7 Å². The normalized spacial score (nSPS) is 9.78. The third-order valence-electron chi connectivity index (χ3n) is 0.406. The molecule has 0 aliphatic rings. The fourth-order valence-electron chi connectivity index (χ4n) is 0.166. The summed E-state index contributed by atoms with van der Waals surface area (Å²) in [4.78, 5) is 11.2. The van der Waals surface area contributed by atoms with Crippen molar-refractivity contribution in [2.75, 3.05) is 0 Å². The number of hydrogen-bond donors (Lipinski definition) is 3. The minimum absolute atomic E-state index is 0.0278. The van der Waals surface area contributed by atoms with Gasteiger partial charge >= 0.3 is 57.8 Å². The van der Waals surface area contributed by atoms with E-state index in [9.17, 15) is 4.79 Å². The standard InChI is InChI=1S/C4H6N2O2Se/c5-4(6)9-2-1-3(7)8/h1-2H,(H3,5,6)(H,7,8)/b2-1-. The molecular weight excluding hydrogens is 187 g/mol. The average Bonchev–Trinajstić information content (AvgIpc) is 1.63. The van der Waals surface area contributed by atoms with Crippen LogP contribution in [0.5, 0.6) is 0 Å². The van der Waals surface area contributed by atoms with Gasteiger partial charge in [0.15, 0.2) is 0 Å². The molecule has 0 heterocycles. The molecule has 0 radical (unpaired) electrons. The molecule has 4 N–H and O–H groups in total. The summed E-state index contributed by atoms with van der Waals surface area (Å²) in [5.74, 6) is -1.00. The molecule has 0 fully saturated rings. The van der Waals surface area contributed by atoms with E-state index in [1.165, 1.54) is 4.97 Å². The summed E-state index contributed by atoms with van der Waals surface area (Å²) in [5.41, 5.74) is 4.95. The van der Waals surface area contributed by atoms with Crippen LogP contribution in [0.3, 0.4) is 0 Å². The van der Waals surface area contributed by atoms with Gasteiger partial charge in [-0.25, -0.2) is 0 Å². The van der Waals surface area contributed by atoms with Crippen LogP contribution < -0.4 is 5.73 Å². The van der Waals surface area contributed by atoms with Gasteiger partial charge in [-0.15, -0.1) is 0 Å². The molecule has 0 aromatic rings. The van der Waals surface area contributed by atoms with Gasteiger partial charge in [-0.1, -0.05) is 0 Å². The van der Waals surface area contributed by atoms with Gasteiger partial charge in [0.1, 0.15) is 0 Å². The van der Waals surface area contributed by atoms with Crippen LogP contribution in [0.25, 0.3) is 0 Å². The molecule has 5 heteroatoms. The Morgan fingerprint density at radius 3 is 2.67 bits per heavy atom. The number of carbonyl (C=O) groups is 1. The fraction of sp³-hybridized carbons (Fsp3) is 0. The van der Waals surface area contributed by atoms with Crippen molar-refractivity contribution in [3.8, 4) is 0 Å². The molecule has 0 saturated heterocycles. The molecule has 0 aromatic carbocycles. The van der Waals surface area contributed by atoms with Gasteiger partial charge in [0, 0.05) is 0 Å². The van der Waals surface area contributed by atoms with Gasteiger partial charge in [-0.2, -0.15) is 0 Å². The van der Waals surface area contributed by atoms with Crippen LogP contribution in [0.1, 0.15) is 0 Å². The van der Waals surface area contributed by atoms with E-state index in [0.717, 1.165) is 6.08 Å². The van der Waals surface area contributed by atoms with E-state index in [1.807, 2.05) is 0 Å². The van der Waals surface area contributed by atoms with E-state index in [1.54, 1.807) is 0 Å². The van der Waals surface area contributed by atoms with Gasteiger partial charge in [0.2, 0.25) is 0 Å². The molecular formula is C4H6N2O2Se. The summed E-state index contributed by atoms with van der Waals surface area (Å²) in [6.45, 7) is 0. The number of hydrogen-bond acceptors (Lipinski definition) is 2. The van der Waals surface area contributed by atoms with Crippen LogP contribution in [0.2, 0.25) is 0 Å². The Kier molecular flexibility index (Phi) is 3.75. The summed E-state index contributed by atoms with van der Waals surface area (Å²) < 4.78 is 0.0278. The number of amidine groups is 1. The molecule has 4 nitrogen and oxygen atoms in total. The number of nitrogens with two attached hydrogens (primary N) is 1. The van der Waals surface area contributed by atoms with Crippen LogP contribution in [0.15, 0.2) is 11.1 Å². The van der Waals surface area contributed by atoms with Crippen molar-refractivity contribution in [1.82, 2.24) is 0 Å². The molecule has 9 heavy (non-hydrogen) atoms. The van der Waals surface area contributed by atoms with Crippen molar-refractivity contribution < 1.29 is 9.90 Å². The third-order valence-corrected chi connectivity index (χ3v) is 1.51. The zero-order chi connectivity index (χ0) is 7.28. The maximum atomic E-state index is 9.79. The second-order valence-corrected chi connectivity index (χ2v) is 3.11. The molecule has 0 aliphatic carbocycles. The van der Waals surface area contributed by atoms with E-state index in [4.69, 9.17) is 16.2 Å². The first kappa shape index (κ1) is 8.20. The number of nitrogens with one attached hydrogen (secondary N) is 1. The van der Waals surface area contributed by atoms with Crippen molar-refractivity contribution in [1.29, 1.82) is 5.41 Å². The first-order valence-electron chi connectivity index (χ1n) is 2.03. The van der Waals surface area contributed by atoms with E-state index >= 15 is 0 Å². The van der Waals surface area contributed by atoms with E-state index in [0.29, 0.717) is 0 Å². The second kappa shape index (κ2) is 4.12. The third kappa shape index (κ3) is 7.20. The number of aliphatic carboxylic acids is 1. The quantitative estimate of drug-likeness (QED) is 0.237. The Balaban J connectivity index is 3.48. The van der Waals surface area contributed by atoms with Crippen molar-refractivity contribution in [3.63, 3.8) is 0 Å². The Morgan fingerprint density at radius 1 is 1.78 bits per heavy atom. The number of rotatable bonds is 3. The molecule has 50 valence electrons. The number of carboxylic acid groups (broad SMARTS) is 1. The second-order valence-electron chi connectivity index (χ2n) is 1.12. The van der Waals surface area contributed by atoms with Crippen LogP contribution in [0, 0.1) is 5.41 Å². The maximum absolute atomic E-state index is 9.79. The van der Waals surface area contributed by atoms with E-state index < -0.39 is 5.97 Å². The van der Waals surface area contributed by atoms with E-state index in [2.05, 4.69) is 0 Å². The molecule has 0 bridgehead atoms. The summed E-state index contributed by atoms with van der Waals surface area (Å²) >= 11 is -0.293. The summed E-state index contributed by atoms with van der Waals surface area (Å²) in [5, 5.41) is 14.7. The van der Waals surface area contributed by atoms with Crippen LogP contribution in [-0.2, 0) is 4.79 Å². The zero-order valence-electron chi connectivity index (χ0n) is 4.50. The first-order chi connectivity index (χ1) is 4.13. The molecule has 0 rings (SSSR count). The van der Waals surface area contributed by atoms with Gasteiger partial charge < -0.3 is 0 Å². The fourth-order valence-corrected chi connectivity index (χ4v) is 0.860. The summed E-state index contributed by atoms with van der Waals surface area (Å²) in [6.07, 6.45) is 0.987. The van der Waals surface area contributed by atoms with E-state index in [-0.39, 0.29) is 19.7 Å². The zero-order valence-corrected chi connectivity index (χ0v) is 6.21. The monoisotopic (exact) mass is 194 g/mol.